The first kappa shape index (κ1) is 14.5. The third-order valence-corrected chi connectivity index (χ3v) is 2.57. The first-order valence-corrected chi connectivity index (χ1v) is 6.24. The van der Waals surface area contributed by atoms with Gasteiger partial charge in [0.1, 0.15) is 0 Å². The van der Waals surface area contributed by atoms with Gasteiger partial charge in [0.05, 0.1) is 6.42 Å². The van der Waals surface area contributed by atoms with Crippen LogP contribution in [-0.2, 0) is 17.6 Å². The fraction of sp³-hybridized carbons (Fsp3) is 0.231. The van der Waals surface area contributed by atoms with E-state index in [-0.39, 0.29) is 12.5 Å². The van der Waals surface area contributed by atoms with Gasteiger partial charge < -0.3 is 20.3 Å². The van der Waals surface area contributed by atoms with Crippen molar-refractivity contribution in [3.8, 4) is 0 Å². The Balaban J connectivity index is 1.80. The van der Waals surface area contributed by atoms with Crippen molar-refractivity contribution in [2.45, 2.75) is 12.8 Å². The molecule has 1 heterocycles. The molecule has 1 aromatic heterocycles. The Bertz CT molecular complexity index is 612. The second kappa shape index (κ2) is 7.04. The molecule has 1 aromatic carbocycles. The number of nitrogens with one attached hydrogen (secondary N) is 2. The van der Waals surface area contributed by atoms with Gasteiger partial charge in [0.25, 0.3) is 0 Å². The number of hydrogen-bond acceptors (Lipinski definition) is 5. The molecule has 0 aliphatic carbocycles. The number of carboxylic acids is 1. The lowest BCUT2D eigenvalue weighted by Gasteiger charge is -2.07. The average molecular weight is 290 g/mol. The van der Waals surface area contributed by atoms with Crippen LogP contribution in [-0.4, -0.2) is 33.8 Å². The molecule has 8 nitrogen and oxygen atoms in total. The first-order valence-electron chi connectivity index (χ1n) is 6.24. The second-order valence-corrected chi connectivity index (χ2v) is 4.24. The molecular formula is C13H14N4O4. The fourth-order valence-electron chi connectivity index (χ4n) is 1.70. The van der Waals surface area contributed by atoms with Gasteiger partial charge in [-0.25, -0.2) is 4.79 Å². The van der Waals surface area contributed by atoms with Crippen LogP contribution in [0.2, 0.25) is 0 Å². The smallest absolute Gasteiger partial charge is 0.319 e. The molecule has 2 aromatic rings. The van der Waals surface area contributed by atoms with Crippen molar-refractivity contribution >= 4 is 17.7 Å². The Hall–Kier alpha value is -2.90. The lowest BCUT2D eigenvalue weighted by molar-refractivity contribution is -0.136. The van der Waals surface area contributed by atoms with E-state index in [9.17, 15) is 9.59 Å². The predicted octanol–water partition coefficient (Wildman–Crippen LogP) is 1.06. The van der Waals surface area contributed by atoms with Gasteiger partial charge in [0, 0.05) is 18.7 Å². The van der Waals surface area contributed by atoms with E-state index in [1.807, 2.05) is 0 Å². The molecule has 21 heavy (non-hydrogen) atoms. The Morgan fingerprint density at radius 3 is 2.90 bits per heavy atom. The number of benzene rings is 1. The first-order chi connectivity index (χ1) is 10.1. The molecule has 0 radical (unpaired) electrons. The molecular weight excluding hydrogens is 276 g/mol. The van der Waals surface area contributed by atoms with E-state index < -0.39 is 5.97 Å². The molecule has 0 saturated carbocycles. The maximum Gasteiger partial charge on any atom is 0.319 e. The van der Waals surface area contributed by atoms with Crippen molar-refractivity contribution in [1.29, 1.82) is 0 Å². The van der Waals surface area contributed by atoms with Gasteiger partial charge in [-0.05, 0) is 17.7 Å². The van der Waals surface area contributed by atoms with Gasteiger partial charge >= 0.3 is 12.0 Å². The predicted molar refractivity (Wildman–Crippen MR) is 72.8 cm³/mol. The van der Waals surface area contributed by atoms with Gasteiger partial charge in [-0.1, -0.05) is 17.3 Å². The summed E-state index contributed by atoms with van der Waals surface area (Å²) in [6.45, 7) is 0.350. The van der Waals surface area contributed by atoms with Crippen molar-refractivity contribution in [2.75, 3.05) is 11.9 Å². The quantitative estimate of drug-likeness (QED) is 0.732. The van der Waals surface area contributed by atoms with Crippen LogP contribution >= 0.6 is 0 Å². The van der Waals surface area contributed by atoms with Crippen LogP contribution in [0, 0.1) is 0 Å². The summed E-state index contributed by atoms with van der Waals surface area (Å²) < 4.78 is 4.80. The number of urea groups is 1. The summed E-state index contributed by atoms with van der Waals surface area (Å²) in [5.41, 5.74) is 1.15. The van der Waals surface area contributed by atoms with Crippen LogP contribution in [0.5, 0.6) is 0 Å². The van der Waals surface area contributed by atoms with Crippen molar-refractivity contribution in [3.05, 3.63) is 42.0 Å². The molecule has 0 aliphatic heterocycles. The Kier molecular flexibility index (Phi) is 4.86. The number of anilines is 1. The summed E-state index contributed by atoms with van der Waals surface area (Å²) in [6, 6.07) is 6.29. The van der Waals surface area contributed by atoms with E-state index in [0.717, 1.165) is 0 Å². The molecule has 3 N–H and O–H groups in total. The Morgan fingerprint density at radius 2 is 2.19 bits per heavy atom. The van der Waals surface area contributed by atoms with E-state index >= 15 is 0 Å². The number of aliphatic carboxylic acids is 1. The molecule has 0 spiro atoms. The number of carbonyl (C=O) groups is 2. The normalized spacial score (nSPS) is 10.1. The van der Waals surface area contributed by atoms with Crippen molar-refractivity contribution in [1.82, 2.24) is 15.5 Å². The van der Waals surface area contributed by atoms with Crippen LogP contribution in [0.1, 0.15) is 11.5 Å². The van der Waals surface area contributed by atoms with Gasteiger partial charge in [0.2, 0.25) is 5.89 Å². The molecule has 2 rings (SSSR count). The third kappa shape index (κ3) is 4.94. The van der Waals surface area contributed by atoms with E-state index in [4.69, 9.17) is 9.63 Å². The maximum atomic E-state index is 11.7. The van der Waals surface area contributed by atoms with Gasteiger partial charge in [0.15, 0.2) is 6.33 Å². The van der Waals surface area contributed by atoms with E-state index in [1.54, 1.807) is 24.3 Å². The zero-order chi connectivity index (χ0) is 15.1. The van der Waals surface area contributed by atoms with Gasteiger partial charge in [-0.15, -0.1) is 0 Å². The third-order valence-electron chi connectivity index (χ3n) is 2.57. The molecule has 0 bridgehead atoms. The number of nitrogens with zero attached hydrogens (tertiary/aromatic N) is 2. The molecule has 0 unspecified atom stereocenters. The number of hydrogen-bond donors (Lipinski definition) is 3. The van der Waals surface area contributed by atoms with Crippen molar-refractivity contribution in [3.63, 3.8) is 0 Å². The molecule has 0 atom stereocenters. The van der Waals surface area contributed by atoms with Gasteiger partial charge in [-0.2, -0.15) is 4.98 Å². The summed E-state index contributed by atoms with van der Waals surface area (Å²) in [5.74, 6) is -0.477. The molecule has 2 amide bonds. The van der Waals surface area contributed by atoms with Crippen LogP contribution in [0.15, 0.2) is 35.1 Å². The highest BCUT2D eigenvalue weighted by molar-refractivity contribution is 5.89. The lowest BCUT2D eigenvalue weighted by atomic mass is 10.1. The van der Waals surface area contributed by atoms with Crippen molar-refractivity contribution in [2.24, 2.45) is 0 Å². The van der Waals surface area contributed by atoms with Gasteiger partial charge in [-0.3, -0.25) is 4.79 Å². The monoisotopic (exact) mass is 290 g/mol. The van der Waals surface area contributed by atoms with E-state index in [2.05, 4.69) is 20.8 Å². The minimum atomic E-state index is -0.920. The summed E-state index contributed by atoms with van der Waals surface area (Å²) >= 11 is 0. The largest absolute Gasteiger partial charge is 0.481 e. The number of amides is 2. The topological polar surface area (TPSA) is 117 Å². The number of aromatic nitrogens is 2. The molecule has 0 fully saturated rings. The zero-order valence-corrected chi connectivity index (χ0v) is 11.1. The van der Waals surface area contributed by atoms with Crippen molar-refractivity contribution < 1.29 is 19.2 Å². The molecule has 8 heteroatoms. The summed E-state index contributed by atoms with van der Waals surface area (Å²) in [6.07, 6.45) is 1.64. The summed E-state index contributed by atoms with van der Waals surface area (Å²) in [5, 5.41) is 17.4. The molecule has 0 aliphatic rings. The molecule has 0 saturated heterocycles. The minimum Gasteiger partial charge on any atom is -0.481 e. The highest BCUT2D eigenvalue weighted by Gasteiger charge is 2.05. The standard InChI is InChI=1S/C13H14N4O4/c18-12(19)7-9-2-1-3-10(6-9)17-13(20)14-5-4-11-15-8-16-21-11/h1-3,6,8H,4-5,7H2,(H,18,19)(H2,14,17,20). The van der Waals surface area contributed by atoms with Crippen LogP contribution in [0.25, 0.3) is 0 Å². The van der Waals surface area contributed by atoms with Crippen LogP contribution < -0.4 is 10.6 Å². The SMILES string of the molecule is O=C(O)Cc1cccc(NC(=O)NCCc2ncno2)c1. The number of rotatable bonds is 6. The number of carboxylic acid groups (broad SMARTS) is 1. The second-order valence-electron chi connectivity index (χ2n) is 4.24. The Labute approximate surface area is 120 Å². The zero-order valence-electron chi connectivity index (χ0n) is 11.1. The maximum absolute atomic E-state index is 11.7. The van der Waals surface area contributed by atoms with E-state index in [0.29, 0.717) is 30.1 Å². The van der Waals surface area contributed by atoms with Crippen LogP contribution in [0.4, 0.5) is 10.5 Å². The summed E-state index contributed by atoms with van der Waals surface area (Å²) in [7, 11) is 0. The highest BCUT2D eigenvalue weighted by Crippen LogP contribution is 2.11. The van der Waals surface area contributed by atoms with E-state index in [1.165, 1.54) is 6.33 Å². The fourth-order valence-corrected chi connectivity index (χ4v) is 1.70. The molecule has 110 valence electrons. The highest BCUT2D eigenvalue weighted by atomic mass is 16.5. The Morgan fingerprint density at radius 1 is 1.33 bits per heavy atom. The average Bonchev–Trinajstić information content (AvgIpc) is 2.91. The number of carbonyl (C=O) groups excluding carboxylic acids is 1. The summed E-state index contributed by atoms with van der Waals surface area (Å²) in [4.78, 5) is 26.1. The lowest BCUT2D eigenvalue weighted by Crippen LogP contribution is -2.30. The van der Waals surface area contributed by atoms with Crippen LogP contribution in [0.3, 0.4) is 0 Å². The minimum absolute atomic E-state index is 0.0890.